The molecule has 6 N–H and O–H groups in total. The predicted molar refractivity (Wildman–Crippen MR) is 347 cm³/mol. The maximum Gasteiger partial charge on any atom is 0.306 e. The van der Waals surface area contributed by atoms with Crippen molar-refractivity contribution in [2.75, 3.05) is 13.2 Å². The van der Waals surface area contributed by atoms with Gasteiger partial charge >= 0.3 is 5.97 Å². The van der Waals surface area contributed by atoms with Gasteiger partial charge in [-0.2, -0.15) is 0 Å². The van der Waals surface area contributed by atoms with Crippen LogP contribution in [-0.4, -0.2) is 99.6 Å². The standard InChI is InChI=1S/C72H123NO10/c1-4-7-10-13-16-19-22-24-26-28-29-30-31-32-33-34-35-36-37-38-40-42-45-48-51-54-57-60-67(77)83-70-69(79)68(78)66(61-74)82-72(70)81-62-63(64(75)58-55-52-49-46-43-21-18-15-12-9-6-3)73-71(80)65(76)59-56-53-50-47-44-41-39-27-25-23-20-17-14-11-8-5-2/h16-17,19-20,24-27,29-30,32-33,41,44,50,53,55,58,63-66,68-70,72,74-76,78-79H,4-15,18,21-23,28,31,34-40,42-43,45-49,51-52,54,56-57,59-62H2,1-3H3,(H,73,80)/b19-16-,20-17-,26-24-,27-25-,30-29-,33-32-,44-41-,53-50-,58-55+. The lowest BCUT2D eigenvalue weighted by molar-refractivity contribution is -0.305. The molecule has 1 saturated heterocycles. The van der Waals surface area contributed by atoms with Crippen molar-refractivity contribution in [3.63, 3.8) is 0 Å². The van der Waals surface area contributed by atoms with Crippen LogP contribution in [0, 0.1) is 0 Å². The van der Waals surface area contributed by atoms with E-state index < -0.39 is 67.4 Å². The highest BCUT2D eigenvalue weighted by molar-refractivity contribution is 5.80. The van der Waals surface area contributed by atoms with E-state index in [1.54, 1.807) is 6.08 Å². The van der Waals surface area contributed by atoms with Crippen LogP contribution >= 0.6 is 0 Å². The maximum absolute atomic E-state index is 13.4. The minimum atomic E-state index is -1.63. The number of rotatable bonds is 56. The maximum atomic E-state index is 13.4. The summed E-state index contributed by atoms with van der Waals surface area (Å²) in [5.74, 6) is -1.26. The molecule has 0 aromatic carbocycles. The van der Waals surface area contributed by atoms with E-state index in [9.17, 15) is 35.1 Å². The van der Waals surface area contributed by atoms with Crippen molar-refractivity contribution in [2.24, 2.45) is 0 Å². The molecule has 0 spiro atoms. The molecule has 1 amide bonds. The van der Waals surface area contributed by atoms with Crippen molar-refractivity contribution in [1.29, 1.82) is 0 Å². The van der Waals surface area contributed by atoms with Gasteiger partial charge < -0.3 is 45.1 Å². The Morgan fingerprint density at radius 2 is 0.831 bits per heavy atom. The number of hydrogen-bond acceptors (Lipinski definition) is 10. The van der Waals surface area contributed by atoms with Crippen LogP contribution in [0.2, 0.25) is 0 Å². The number of amides is 1. The zero-order valence-electron chi connectivity index (χ0n) is 52.8. The number of hydrogen-bond donors (Lipinski definition) is 6. The summed E-state index contributed by atoms with van der Waals surface area (Å²) in [4.78, 5) is 26.6. The molecule has 0 radical (unpaired) electrons. The van der Waals surface area contributed by atoms with Crippen molar-refractivity contribution in [1.82, 2.24) is 5.32 Å². The largest absolute Gasteiger partial charge is 0.454 e. The Hall–Kier alpha value is -3.68. The molecule has 11 nitrogen and oxygen atoms in total. The second-order valence-corrected chi connectivity index (χ2v) is 22.8. The molecule has 0 bridgehead atoms. The topological polar surface area (TPSA) is 175 Å². The normalized spacial score (nSPS) is 19.3. The predicted octanol–water partition coefficient (Wildman–Crippen LogP) is 16.8. The first-order chi connectivity index (χ1) is 40.7. The van der Waals surface area contributed by atoms with Gasteiger partial charge in [0, 0.05) is 6.42 Å². The summed E-state index contributed by atoms with van der Waals surface area (Å²) < 4.78 is 17.6. The molecule has 1 fully saturated rings. The quantitative estimate of drug-likeness (QED) is 0.0195. The number of allylic oxidation sites excluding steroid dienone is 17. The van der Waals surface area contributed by atoms with Crippen LogP contribution in [0.3, 0.4) is 0 Å². The highest BCUT2D eigenvalue weighted by Crippen LogP contribution is 2.26. The van der Waals surface area contributed by atoms with Gasteiger partial charge in [-0.1, -0.05) is 265 Å². The third-order valence-corrected chi connectivity index (χ3v) is 15.2. The van der Waals surface area contributed by atoms with Gasteiger partial charge in [-0.25, -0.2) is 0 Å². The van der Waals surface area contributed by atoms with Crippen LogP contribution in [0.25, 0.3) is 0 Å². The van der Waals surface area contributed by atoms with Gasteiger partial charge in [0.1, 0.15) is 24.4 Å². The van der Waals surface area contributed by atoms with Crippen molar-refractivity contribution in [3.8, 4) is 0 Å². The first kappa shape index (κ1) is 77.3. The Balaban J connectivity index is 2.60. The summed E-state index contributed by atoms with van der Waals surface area (Å²) >= 11 is 0. The van der Waals surface area contributed by atoms with Crippen LogP contribution in [0.15, 0.2) is 109 Å². The van der Waals surface area contributed by atoms with Gasteiger partial charge in [-0.3, -0.25) is 9.59 Å². The van der Waals surface area contributed by atoms with Gasteiger partial charge in [-0.15, -0.1) is 0 Å². The van der Waals surface area contributed by atoms with E-state index in [0.717, 1.165) is 103 Å². The summed E-state index contributed by atoms with van der Waals surface area (Å²) in [7, 11) is 0. The van der Waals surface area contributed by atoms with E-state index in [1.165, 1.54) is 122 Å². The number of aliphatic hydroxyl groups excluding tert-OH is 5. The van der Waals surface area contributed by atoms with E-state index in [2.05, 4.69) is 111 Å². The van der Waals surface area contributed by atoms with Crippen molar-refractivity contribution in [3.05, 3.63) is 109 Å². The molecule has 11 heteroatoms. The van der Waals surface area contributed by atoms with Crippen LogP contribution in [0.4, 0.5) is 0 Å². The monoisotopic (exact) mass is 1160 g/mol. The third kappa shape index (κ3) is 46.2. The SMILES string of the molecule is CCCCC/C=C\C/C=C\C/C=C\C/C=C\CCCCCCCCCCCCCC(=O)OC1C(OCC(NC(=O)C(O)CC/C=C\C/C=C\C/C=C\C/C=C\CCCCC)C(O)/C=C/CCCCCCCCCCC)OC(CO)C(O)C1O. The molecule has 1 heterocycles. The smallest absolute Gasteiger partial charge is 0.306 e. The van der Waals surface area contributed by atoms with Gasteiger partial charge in [0.25, 0.3) is 0 Å². The van der Waals surface area contributed by atoms with E-state index in [1.807, 2.05) is 18.2 Å². The van der Waals surface area contributed by atoms with Gasteiger partial charge in [-0.05, 0) is 109 Å². The highest BCUT2D eigenvalue weighted by atomic mass is 16.7. The zero-order valence-corrected chi connectivity index (χ0v) is 52.8. The molecule has 0 aromatic rings. The van der Waals surface area contributed by atoms with Crippen LogP contribution in [0.5, 0.6) is 0 Å². The lowest BCUT2D eigenvalue weighted by Gasteiger charge is -2.41. The second-order valence-electron chi connectivity index (χ2n) is 22.8. The number of nitrogens with one attached hydrogen (secondary N) is 1. The van der Waals surface area contributed by atoms with Gasteiger partial charge in [0.05, 0.1) is 25.4 Å². The van der Waals surface area contributed by atoms with E-state index in [-0.39, 0.29) is 19.4 Å². The van der Waals surface area contributed by atoms with Crippen LogP contribution in [0.1, 0.15) is 271 Å². The molecular weight excluding hydrogens is 1040 g/mol. The molecular formula is C72H123NO10. The third-order valence-electron chi connectivity index (χ3n) is 15.2. The minimum Gasteiger partial charge on any atom is -0.454 e. The molecule has 1 rings (SSSR count). The fraction of sp³-hybridized carbons (Fsp3) is 0.722. The molecule has 8 unspecified atom stereocenters. The Morgan fingerprint density at radius 3 is 1.27 bits per heavy atom. The molecule has 1 aliphatic rings. The number of unbranched alkanes of at least 4 members (excludes halogenated alkanes) is 26. The Kier molecular flexibility index (Phi) is 54.7. The summed E-state index contributed by atoms with van der Waals surface area (Å²) in [6, 6.07) is -1.06. The molecule has 83 heavy (non-hydrogen) atoms. The van der Waals surface area contributed by atoms with E-state index in [4.69, 9.17) is 14.2 Å². The van der Waals surface area contributed by atoms with E-state index in [0.29, 0.717) is 12.8 Å². The fourth-order valence-electron chi connectivity index (χ4n) is 9.80. The molecule has 0 saturated carbocycles. The van der Waals surface area contributed by atoms with Crippen molar-refractivity contribution >= 4 is 11.9 Å². The number of esters is 1. The van der Waals surface area contributed by atoms with E-state index >= 15 is 0 Å². The average Bonchev–Trinajstić information content (AvgIpc) is 3.68. The lowest BCUT2D eigenvalue weighted by Crippen LogP contribution is -2.61. The highest BCUT2D eigenvalue weighted by Gasteiger charge is 2.47. The summed E-state index contributed by atoms with van der Waals surface area (Å²) in [5, 5.41) is 57.0. The molecule has 0 aromatic heterocycles. The fourth-order valence-corrected chi connectivity index (χ4v) is 9.80. The van der Waals surface area contributed by atoms with Gasteiger partial charge in [0.15, 0.2) is 12.4 Å². The Labute approximate surface area is 507 Å². The summed E-state index contributed by atoms with van der Waals surface area (Å²) in [6.07, 6.45) is 70.0. The Bertz CT molecular complexity index is 1770. The number of ether oxygens (including phenoxy) is 3. The first-order valence-electron chi connectivity index (χ1n) is 33.7. The zero-order chi connectivity index (χ0) is 60.3. The average molecular weight is 1160 g/mol. The summed E-state index contributed by atoms with van der Waals surface area (Å²) in [5.41, 5.74) is 0. The molecule has 476 valence electrons. The lowest BCUT2D eigenvalue weighted by atomic mass is 9.99. The number of carbonyl (C=O) groups excluding carboxylic acids is 2. The first-order valence-corrected chi connectivity index (χ1v) is 33.7. The minimum absolute atomic E-state index is 0.108. The van der Waals surface area contributed by atoms with Crippen LogP contribution < -0.4 is 5.32 Å². The van der Waals surface area contributed by atoms with Crippen molar-refractivity contribution < 1.29 is 49.3 Å². The molecule has 8 atom stereocenters. The Morgan fingerprint density at radius 1 is 0.470 bits per heavy atom. The van der Waals surface area contributed by atoms with Gasteiger partial charge in [0.2, 0.25) is 5.91 Å². The second kappa shape index (κ2) is 58.7. The molecule has 0 aliphatic carbocycles. The number of aliphatic hydroxyl groups is 5. The number of carbonyl (C=O) groups is 2. The molecule has 1 aliphatic heterocycles. The van der Waals surface area contributed by atoms with Crippen LogP contribution in [-0.2, 0) is 23.8 Å². The summed E-state index contributed by atoms with van der Waals surface area (Å²) in [6.45, 7) is 5.69. The van der Waals surface area contributed by atoms with Crippen molar-refractivity contribution in [2.45, 2.75) is 320 Å².